The number of aliphatic hydroxyl groups excluding tert-OH is 1. The third-order valence-corrected chi connectivity index (χ3v) is 4.21. The van der Waals surface area contributed by atoms with Crippen LogP contribution in [0.15, 0.2) is 48.5 Å². The molecule has 0 saturated heterocycles. The van der Waals surface area contributed by atoms with Crippen LogP contribution in [0.3, 0.4) is 0 Å². The van der Waals surface area contributed by atoms with Crippen molar-refractivity contribution < 1.29 is 27.9 Å². The van der Waals surface area contributed by atoms with Gasteiger partial charge in [0.05, 0.1) is 5.56 Å². The van der Waals surface area contributed by atoms with Crippen LogP contribution in [0.2, 0.25) is 5.02 Å². The number of nitrogens with two attached hydrogens (primary N) is 1. The quantitative estimate of drug-likeness (QED) is 0.696. The van der Waals surface area contributed by atoms with Crippen molar-refractivity contribution in [1.29, 1.82) is 0 Å². The van der Waals surface area contributed by atoms with Crippen LogP contribution >= 0.6 is 11.6 Å². The number of hydrogen-bond acceptors (Lipinski definition) is 3. The molecular formula is C18H16ClF3N2O3. The Hall–Kier alpha value is -2.58. The number of hydrogen-bond donors (Lipinski definition) is 3. The molecular weight excluding hydrogens is 385 g/mol. The summed E-state index contributed by atoms with van der Waals surface area (Å²) in [5.74, 6) is -1.81. The lowest BCUT2D eigenvalue weighted by Crippen LogP contribution is -2.47. The predicted molar refractivity (Wildman–Crippen MR) is 92.7 cm³/mol. The first kappa shape index (κ1) is 20.7. The van der Waals surface area contributed by atoms with Gasteiger partial charge in [-0.3, -0.25) is 9.59 Å². The average Bonchev–Trinajstić information content (AvgIpc) is 2.61. The lowest BCUT2D eigenvalue weighted by molar-refractivity contribution is -0.137. The number of carbonyl (C=O) groups is 2. The van der Waals surface area contributed by atoms with Gasteiger partial charge < -0.3 is 16.2 Å². The molecule has 5 nitrogen and oxygen atoms in total. The van der Waals surface area contributed by atoms with Crippen molar-refractivity contribution in [3.8, 4) is 0 Å². The Morgan fingerprint density at radius 1 is 1.11 bits per heavy atom. The molecule has 0 heterocycles. The number of aliphatic hydroxyl groups is 1. The number of carbonyl (C=O) groups excluding carboxylic acids is 2. The van der Waals surface area contributed by atoms with Gasteiger partial charge in [-0.05, 0) is 29.3 Å². The maximum Gasteiger partial charge on any atom is 0.416 e. The van der Waals surface area contributed by atoms with E-state index < -0.39 is 35.7 Å². The fourth-order valence-electron chi connectivity index (χ4n) is 2.36. The topological polar surface area (TPSA) is 92.4 Å². The van der Waals surface area contributed by atoms with Crippen LogP contribution in [-0.4, -0.2) is 23.0 Å². The highest BCUT2D eigenvalue weighted by atomic mass is 35.5. The fraction of sp³-hybridized carbons (Fsp3) is 0.222. The van der Waals surface area contributed by atoms with E-state index in [1.54, 1.807) is 24.3 Å². The van der Waals surface area contributed by atoms with Gasteiger partial charge in [0, 0.05) is 11.4 Å². The average molecular weight is 401 g/mol. The molecule has 0 aliphatic rings. The van der Waals surface area contributed by atoms with Crippen molar-refractivity contribution in [2.45, 2.75) is 24.7 Å². The van der Waals surface area contributed by atoms with E-state index in [0.29, 0.717) is 10.6 Å². The molecule has 4 N–H and O–H groups in total. The van der Waals surface area contributed by atoms with Crippen molar-refractivity contribution in [2.24, 2.45) is 5.73 Å². The van der Waals surface area contributed by atoms with E-state index in [1.165, 1.54) is 0 Å². The number of halogens is 4. The van der Waals surface area contributed by atoms with E-state index in [0.717, 1.165) is 24.3 Å². The van der Waals surface area contributed by atoms with Gasteiger partial charge in [0.1, 0.15) is 6.04 Å². The summed E-state index contributed by atoms with van der Waals surface area (Å²) in [5, 5.41) is 12.7. The molecule has 0 saturated carbocycles. The summed E-state index contributed by atoms with van der Waals surface area (Å²) in [5.41, 5.74) is 4.88. The van der Waals surface area contributed by atoms with Crippen molar-refractivity contribution in [3.63, 3.8) is 0 Å². The number of amides is 2. The van der Waals surface area contributed by atoms with Crippen LogP contribution in [0.5, 0.6) is 0 Å². The molecule has 0 fully saturated rings. The van der Waals surface area contributed by atoms with Gasteiger partial charge in [0.2, 0.25) is 5.91 Å². The minimum Gasteiger partial charge on any atom is -0.378 e. The third kappa shape index (κ3) is 5.45. The highest BCUT2D eigenvalue weighted by Gasteiger charge is 2.31. The minimum absolute atomic E-state index is 0.000474. The Labute approximate surface area is 157 Å². The van der Waals surface area contributed by atoms with E-state index in [1.807, 2.05) is 0 Å². The molecule has 9 heteroatoms. The van der Waals surface area contributed by atoms with Crippen molar-refractivity contribution in [1.82, 2.24) is 5.32 Å². The Bertz CT molecular complexity index is 825. The molecule has 0 aromatic heterocycles. The van der Waals surface area contributed by atoms with E-state index >= 15 is 0 Å². The highest BCUT2D eigenvalue weighted by molar-refractivity contribution is 6.31. The second-order valence-electron chi connectivity index (χ2n) is 5.78. The van der Waals surface area contributed by atoms with Crippen LogP contribution < -0.4 is 11.1 Å². The van der Waals surface area contributed by atoms with Crippen LogP contribution in [0.4, 0.5) is 13.2 Å². The van der Waals surface area contributed by atoms with Gasteiger partial charge in [0.25, 0.3) is 5.91 Å². The molecule has 2 rings (SSSR count). The summed E-state index contributed by atoms with van der Waals surface area (Å²) in [6.07, 6.45) is -6.29. The monoisotopic (exact) mass is 400 g/mol. The number of alkyl halides is 3. The largest absolute Gasteiger partial charge is 0.416 e. The second-order valence-corrected chi connectivity index (χ2v) is 6.19. The van der Waals surface area contributed by atoms with E-state index in [4.69, 9.17) is 17.3 Å². The molecule has 0 aliphatic carbocycles. The van der Waals surface area contributed by atoms with Gasteiger partial charge in [0.15, 0.2) is 6.10 Å². The smallest absolute Gasteiger partial charge is 0.378 e. The van der Waals surface area contributed by atoms with E-state index in [-0.39, 0.29) is 12.0 Å². The van der Waals surface area contributed by atoms with E-state index in [9.17, 15) is 27.9 Å². The zero-order valence-corrected chi connectivity index (χ0v) is 14.6. The summed E-state index contributed by atoms with van der Waals surface area (Å²) in [4.78, 5) is 23.8. The summed E-state index contributed by atoms with van der Waals surface area (Å²) in [6.45, 7) is 0. The highest BCUT2D eigenvalue weighted by Crippen LogP contribution is 2.30. The Morgan fingerprint density at radius 3 is 2.22 bits per heavy atom. The summed E-state index contributed by atoms with van der Waals surface area (Å²) >= 11 is 6.01. The number of rotatable bonds is 6. The maximum absolute atomic E-state index is 12.6. The molecule has 2 atom stereocenters. The summed E-state index contributed by atoms with van der Waals surface area (Å²) < 4.78 is 37.7. The second kappa shape index (κ2) is 8.41. The lowest BCUT2D eigenvalue weighted by Gasteiger charge is -2.19. The molecule has 0 aliphatic heterocycles. The maximum atomic E-state index is 12.6. The first-order chi connectivity index (χ1) is 12.6. The fourth-order valence-corrected chi connectivity index (χ4v) is 2.58. The first-order valence-corrected chi connectivity index (χ1v) is 8.15. The van der Waals surface area contributed by atoms with Gasteiger partial charge in [-0.1, -0.05) is 41.9 Å². The Morgan fingerprint density at radius 2 is 1.70 bits per heavy atom. The predicted octanol–water partition coefficient (Wildman–Crippen LogP) is 2.61. The van der Waals surface area contributed by atoms with Crippen LogP contribution in [-0.2, 0) is 22.2 Å². The molecule has 2 aromatic rings. The van der Waals surface area contributed by atoms with Crippen molar-refractivity contribution >= 4 is 23.4 Å². The molecule has 144 valence electrons. The third-order valence-electron chi connectivity index (χ3n) is 3.84. The van der Waals surface area contributed by atoms with Crippen molar-refractivity contribution in [2.75, 3.05) is 0 Å². The molecule has 2 amide bonds. The molecule has 2 aromatic carbocycles. The summed E-state index contributed by atoms with van der Waals surface area (Å²) in [6, 6.07) is 8.96. The summed E-state index contributed by atoms with van der Waals surface area (Å²) in [7, 11) is 0. The Balaban J connectivity index is 2.10. The van der Waals surface area contributed by atoms with Crippen molar-refractivity contribution in [3.05, 3.63) is 70.2 Å². The van der Waals surface area contributed by atoms with Gasteiger partial charge >= 0.3 is 6.18 Å². The minimum atomic E-state index is -4.53. The molecule has 27 heavy (non-hydrogen) atoms. The van der Waals surface area contributed by atoms with Gasteiger partial charge in [-0.2, -0.15) is 13.2 Å². The van der Waals surface area contributed by atoms with Crippen LogP contribution in [0.25, 0.3) is 0 Å². The van der Waals surface area contributed by atoms with E-state index in [2.05, 4.69) is 5.32 Å². The Kier molecular flexibility index (Phi) is 6.45. The lowest BCUT2D eigenvalue weighted by atomic mass is 10.0. The zero-order chi connectivity index (χ0) is 20.2. The molecule has 0 radical (unpaired) electrons. The van der Waals surface area contributed by atoms with Crippen LogP contribution in [0.1, 0.15) is 22.8 Å². The number of primary amides is 1. The zero-order valence-electron chi connectivity index (χ0n) is 13.8. The van der Waals surface area contributed by atoms with Gasteiger partial charge in [-0.15, -0.1) is 0 Å². The van der Waals surface area contributed by atoms with Gasteiger partial charge in [-0.25, -0.2) is 0 Å². The SMILES string of the molecule is NC(=O)[C@H](Cc1ccccc1Cl)NC(=O)[C@H](O)c1ccc(C(F)(F)F)cc1. The molecule has 0 unspecified atom stereocenters. The van der Waals surface area contributed by atoms with Crippen LogP contribution in [0, 0.1) is 0 Å². The normalized spacial score (nSPS) is 13.7. The number of nitrogens with one attached hydrogen (secondary N) is 1. The molecule has 0 bridgehead atoms. The standard InChI is InChI=1S/C18H16ClF3N2O3/c19-13-4-2-1-3-11(13)9-14(16(23)26)24-17(27)15(25)10-5-7-12(8-6-10)18(20,21)22/h1-8,14-15,25H,9H2,(H2,23,26)(H,24,27)/t14-,15+/m0/s1. The first-order valence-electron chi connectivity index (χ1n) is 7.78. The molecule has 0 spiro atoms. The number of benzene rings is 2.